The third kappa shape index (κ3) is 2.80. The Morgan fingerprint density at radius 1 is 1.00 bits per heavy atom. The van der Waals surface area contributed by atoms with Gasteiger partial charge in [0.2, 0.25) is 0 Å². The number of benzene rings is 1. The summed E-state index contributed by atoms with van der Waals surface area (Å²) in [5.74, 6) is 1.49. The summed E-state index contributed by atoms with van der Waals surface area (Å²) in [6.45, 7) is 8.27. The number of fused-ring (bicyclic) bond motifs is 3. The number of pyridine rings is 2. The number of aromatic amines is 1. The summed E-state index contributed by atoms with van der Waals surface area (Å²) in [5.41, 5.74) is 3.85. The van der Waals surface area contributed by atoms with Gasteiger partial charge in [0.15, 0.2) is 11.6 Å². The number of rotatable bonds is 3. The van der Waals surface area contributed by atoms with Crippen LogP contribution in [-0.2, 0) is 15.9 Å². The maximum absolute atomic E-state index is 6.20. The maximum atomic E-state index is 6.20. The van der Waals surface area contributed by atoms with Gasteiger partial charge in [-0.25, -0.2) is 9.67 Å². The molecule has 1 aromatic carbocycles. The molecule has 8 nitrogen and oxygen atoms in total. The van der Waals surface area contributed by atoms with E-state index in [1.54, 1.807) is 6.20 Å². The van der Waals surface area contributed by atoms with E-state index < -0.39 is 5.60 Å². The molecule has 160 valence electrons. The smallest absolute Gasteiger partial charge is 0.178 e. The summed E-state index contributed by atoms with van der Waals surface area (Å²) in [7, 11) is 0. The Balaban J connectivity index is 1.41. The van der Waals surface area contributed by atoms with E-state index in [4.69, 9.17) is 9.84 Å². The second-order valence-corrected chi connectivity index (χ2v) is 9.13. The predicted molar refractivity (Wildman–Crippen MR) is 123 cm³/mol. The molecule has 32 heavy (non-hydrogen) atoms. The topological polar surface area (TPSA) is 93.5 Å². The van der Waals surface area contributed by atoms with E-state index in [1.165, 1.54) is 0 Å². The van der Waals surface area contributed by atoms with Crippen LogP contribution >= 0.6 is 0 Å². The Morgan fingerprint density at radius 2 is 1.88 bits per heavy atom. The van der Waals surface area contributed by atoms with E-state index in [1.807, 2.05) is 41.3 Å². The molecular formula is C24H23N7O. The van der Waals surface area contributed by atoms with Crippen LogP contribution in [0.5, 0.6) is 0 Å². The van der Waals surface area contributed by atoms with Crippen molar-refractivity contribution in [2.45, 2.75) is 38.9 Å². The molecule has 0 unspecified atom stereocenters. The van der Waals surface area contributed by atoms with Gasteiger partial charge < -0.3 is 10.1 Å². The minimum atomic E-state index is -0.438. The monoisotopic (exact) mass is 425 g/mol. The van der Waals surface area contributed by atoms with Gasteiger partial charge in [-0.2, -0.15) is 10.2 Å². The lowest BCUT2D eigenvalue weighted by molar-refractivity contribution is -0.107. The quantitative estimate of drug-likeness (QED) is 0.425. The first-order chi connectivity index (χ1) is 15.3. The summed E-state index contributed by atoms with van der Waals surface area (Å²) >= 11 is 0. The number of anilines is 2. The first kappa shape index (κ1) is 18.9. The van der Waals surface area contributed by atoms with Crippen molar-refractivity contribution in [1.29, 1.82) is 0 Å². The van der Waals surface area contributed by atoms with Gasteiger partial charge in [0.25, 0.3) is 0 Å². The van der Waals surface area contributed by atoms with Gasteiger partial charge in [-0.05, 0) is 69.5 Å². The van der Waals surface area contributed by atoms with Crippen LogP contribution in [0.4, 0.5) is 11.5 Å². The molecule has 4 aromatic heterocycles. The molecule has 0 aliphatic carbocycles. The fourth-order valence-corrected chi connectivity index (χ4v) is 4.61. The molecule has 1 aliphatic rings. The van der Waals surface area contributed by atoms with E-state index in [-0.39, 0.29) is 5.60 Å². The van der Waals surface area contributed by atoms with Crippen molar-refractivity contribution in [3.05, 3.63) is 66.2 Å². The normalized spacial score (nSPS) is 16.5. The standard InChI is InChI=1S/C24H23N7O/c1-23(2)17-13-31(30-20(17)24(3,4)32-23)22-16-8-7-15(12-14(16)9-11-26-22)27-21-19-18(28-29-21)6-5-10-25-19/h5-13H,1-4H3,(H2,27,28,29). The lowest BCUT2D eigenvalue weighted by Crippen LogP contribution is -2.24. The predicted octanol–water partition coefficient (Wildman–Crippen LogP) is 4.94. The molecule has 0 saturated heterocycles. The van der Waals surface area contributed by atoms with E-state index in [2.05, 4.69) is 65.3 Å². The van der Waals surface area contributed by atoms with Gasteiger partial charge in [0, 0.05) is 35.2 Å². The zero-order valence-electron chi connectivity index (χ0n) is 18.3. The molecule has 2 N–H and O–H groups in total. The van der Waals surface area contributed by atoms with Crippen molar-refractivity contribution in [3.8, 4) is 5.82 Å². The summed E-state index contributed by atoms with van der Waals surface area (Å²) in [4.78, 5) is 9.06. The van der Waals surface area contributed by atoms with Gasteiger partial charge in [-0.1, -0.05) is 0 Å². The third-order valence-corrected chi connectivity index (χ3v) is 5.99. The minimum Gasteiger partial charge on any atom is -0.358 e. The van der Waals surface area contributed by atoms with E-state index >= 15 is 0 Å². The lowest BCUT2D eigenvalue weighted by atomic mass is 9.98. The molecule has 0 saturated carbocycles. The van der Waals surface area contributed by atoms with Gasteiger partial charge in [0.05, 0.1) is 11.1 Å². The first-order valence-electron chi connectivity index (χ1n) is 10.6. The van der Waals surface area contributed by atoms with Crippen LogP contribution in [0.15, 0.2) is 55.0 Å². The molecule has 1 aliphatic heterocycles. The van der Waals surface area contributed by atoms with Crippen molar-refractivity contribution in [2.75, 3.05) is 5.32 Å². The van der Waals surface area contributed by atoms with E-state index in [0.717, 1.165) is 44.6 Å². The number of ether oxygens (including phenoxy) is 1. The van der Waals surface area contributed by atoms with Crippen LogP contribution in [0.25, 0.3) is 27.6 Å². The van der Waals surface area contributed by atoms with Crippen molar-refractivity contribution in [1.82, 2.24) is 29.9 Å². The second kappa shape index (κ2) is 6.37. The summed E-state index contributed by atoms with van der Waals surface area (Å²) in [6.07, 6.45) is 5.61. The number of nitrogens with one attached hydrogen (secondary N) is 2. The molecule has 8 heteroatoms. The van der Waals surface area contributed by atoms with Crippen LogP contribution in [0.1, 0.15) is 39.0 Å². The first-order valence-corrected chi connectivity index (χ1v) is 10.6. The molecule has 0 atom stereocenters. The zero-order valence-corrected chi connectivity index (χ0v) is 18.3. The SMILES string of the molecule is CC1(C)OC(C)(C)c2nn(-c3nccc4cc(Nc5n[nH]c6cccnc56)ccc34)cc21. The van der Waals surface area contributed by atoms with Crippen LogP contribution < -0.4 is 5.32 Å². The number of hydrogen-bond donors (Lipinski definition) is 2. The number of nitrogens with zero attached hydrogens (tertiary/aromatic N) is 5. The molecule has 0 radical (unpaired) electrons. The third-order valence-electron chi connectivity index (χ3n) is 5.99. The Bertz CT molecular complexity index is 1460. The zero-order chi connectivity index (χ0) is 22.1. The molecule has 5 aromatic rings. The summed E-state index contributed by atoms with van der Waals surface area (Å²) in [6, 6.07) is 12.0. The second-order valence-electron chi connectivity index (χ2n) is 9.13. The molecule has 0 amide bonds. The molecule has 0 fully saturated rings. The fraction of sp³-hybridized carbons (Fsp3) is 0.250. The van der Waals surface area contributed by atoms with Crippen molar-refractivity contribution in [3.63, 3.8) is 0 Å². The maximum Gasteiger partial charge on any atom is 0.178 e. The highest BCUT2D eigenvalue weighted by Gasteiger charge is 2.46. The van der Waals surface area contributed by atoms with Gasteiger partial charge in [-0.15, -0.1) is 0 Å². The van der Waals surface area contributed by atoms with Crippen LogP contribution in [0.3, 0.4) is 0 Å². The Hall–Kier alpha value is -3.78. The highest BCUT2D eigenvalue weighted by Crippen LogP contribution is 2.46. The number of aromatic nitrogens is 6. The molecule has 5 heterocycles. The largest absolute Gasteiger partial charge is 0.358 e. The van der Waals surface area contributed by atoms with Crippen LogP contribution in [-0.4, -0.2) is 29.9 Å². The molecule has 0 spiro atoms. The lowest BCUT2D eigenvalue weighted by Gasteiger charge is -2.25. The van der Waals surface area contributed by atoms with E-state index in [9.17, 15) is 0 Å². The molecule has 0 bridgehead atoms. The number of hydrogen-bond acceptors (Lipinski definition) is 6. The van der Waals surface area contributed by atoms with Gasteiger partial charge in [-0.3, -0.25) is 10.1 Å². The summed E-state index contributed by atoms with van der Waals surface area (Å²) in [5, 5.41) is 17.7. The minimum absolute atomic E-state index is 0.390. The van der Waals surface area contributed by atoms with Gasteiger partial charge in [0.1, 0.15) is 16.8 Å². The van der Waals surface area contributed by atoms with Crippen molar-refractivity contribution in [2.24, 2.45) is 0 Å². The highest BCUT2D eigenvalue weighted by atomic mass is 16.5. The van der Waals surface area contributed by atoms with E-state index in [0.29, 0.717) is 5.82 Å². The van der Waals surface area contributed by atoms with Crippen molar-refractivity contribution >= 4 is 33.3 Å². The fourth-order valence-electron chi connectivity index (χ4n) is 4.61. The molecule has 6 rings (SSSR count). The van der Waals surface area contributed by atoms with Gasteiger partial charge >= 0.3 is 0 Å². The molecular weight excluding hydrogens is 402 g/mol. The Labute approximate surface area is 184 Å². The Kier molecular flexibility index (Phi) is 3.77. The highest BCUT2D eigenvalue weighted by molar-refractivity contribution is 5.93. The van der Waals surface area contributed by atoms with Crippen LogP contribution in [0.2, 0.25) is 0 Å². The summed E-state index contributed by atoms with van der Waals surface area (Å²) < 4.78 is 8.08. The average molecular weight is 425 g/mol. The Morgan fingerprint density at radius 3 is 2.72 bits per heavy atom. The average Bonchev–Trinajstić information content (AvgIpc) is 3.42. The van der Waals surface area contributed by atoms with Crippen molar-refractivity contribution < 1.29 is 4.74 Å². The number of H-pyrrole nitrogens is 1. The van der Waals surface area contributed by atoms with Crippen LogP contribution in [0, 0.1) is 0 Å².